The molecule has 0 N–H and O–H groups in total. The lowest BCUT2D eigenvalue weighted by atomic mass is 9.79. The maximum Gasteiger partial charge on any atom is 0.168 e. The fourth-order valence-corrected chi connectivity index (χ4v) is 3.82. The van der Waals surface area contributed by atoms with Crippen molar-refractivity contribution in [2.24, 2.45) is 17.8 Å². The molecule has 142 valence electrons. The Kier molecular flexibility index (Phi) is 6.12. The van der Waals surface area contributed by atoms with E-state index in [1.54, 1.807) is 7.11 Å². The van der Waals surface area contributed by atoms with Gasteiger partial charge in [-0.3, -0.25) is 0 Å². The highest BCUT2D eigenvalue weighted by atomic mass is 32.1. The van der Waals surface area contributed by atoms with Crippen LogP contribution in [-0.2, 0) is 4.74 Å². The number of furan rings is 1. The first-order chi connectivity index (χ1) is 12.9. The van der Waals surface area contributed by atoms with Gasteiger partial charge in [0.2, 0.25) is 0 Å². The Morgan fingerprint density at radius 2 is 1.93 bits per heavy atom. The first kappa shape index (κ1) is 19.8. The van der Waals surface area contributed by atoms with Gasteiger partial charge in [0, 0.05) is 24.0 Å². The van der Waals surface area contributed by atoms with Crippen LogP contribution < -0.4 is 4.74 Å². The maximum absolute atomic E-state index is 5.98. The summed E-state index contributed by atoms with van der Waals surface area (Å²) in [7, 11) is 1.65. The Labute approximate surface area is 171 Å². The number of thiocarbonyl (C=S) groups is 2. The number of allylic oxidation sites excluding steroid dienone is 1. The molecule has 0 amide bonds. The summed E-state index contributed by atoms with van der Waals surface area (Å²) in [6, 6.07) is 11.6. The SMILES string of the molecule is COc1cccc(-c2ccc(C=C3OC(=S)CC(C(C)C(C)C)C3=S)o2)c1. The molecule has 1 aliphatic heterocycles. The van der Waals surface area contributed by atoms with Crippen LogP contribution in [0, 0.1) is 17.8 Å². The first-order valence-corrected chi connectivity index (χ1v) is 9.91. The largest absolute Gasteiger partial charge is 0.497 e. The Morgan fingerprint density at radius 1 is 1.15 bits per heavy atom. The molecule has 0 saturated carbocycles. The van der Waals surface area contributed by atoms with Crippen LogP contribution in [-0.4, -0.2) is 17.0 Å². The molecule has 3 nitrogen and oxygen atoms in total. The lowest BCUT2D eigenvalue weighted by molar-refractivity contribution is 0.313. The van der Waals surface area contributed by atoms with Crippen LogP contribution >= 0.6 is 24.4 Å². The van der Waals surface area contributed by atoms with Crippen molar-refractivity contribution in [2.75, 3.05) is 7.11 Å². The van der Waals surface area contributed by atoms with Gasteiger partial charge in [-0.15, -0.1) is 0 Å². The fourth-order valence-electron chi connectivity index (χ4n) is 3.15. The van der Waals surface area contributed by atoms with Crippen LogP contribution in [0.4, 0.5) is 0 Å². The van der Waals surface area contributed by atoms with Gasteiger partial charge in [0.15, 0.2) is 5.05 Å². The number of hydrogen-bond donors (Lipinski definition) is 0. The number of methoxy groups -OCH3 is 1. The quantitative estimate of drug-likeness (QED) is 0.433. The molecule has 1 aromatic carbocycles. The van der Waals surface area contributed by atoms with Gasteiger partial charge in [-0.2, -0.15) is 0 Å². The third-order valence-electron chi connectivity index (χ3n) is 5.13. The minimum absolute atomic E-state index is 0.223. The van der Waals surface area contributed by atoms with E-state index in [2.05, 4.69) is 20.8 Å². The molecule has 0 radical (unpaired) electrons. The van der Waals surface area contributed by atoms with Crippen LogP contribution in [0.25, 0.3) is 17.4 Å². The van der Waals surface area contributed by atoms with Gasteiger partial charge in [-0.05, 0) is 48.3 Å². The van der Waals surface area contributed by atoms with Crippen molar-refractivity contribution in [1.29, 1.82) is 0 Å². The zero-order valence-electron chi connectivity index (χ0n) is 16.0. The molecular formula is C22H24O3S2. The van der Waals surface area contributed by atoms with Crippen molar-refractivity contribution < 1.29 is 13.9 Å². The smallest absolute Gasteiger partial charge is 0.168 e. The average molecular weight is 401 g/mol. The van der Waals surface area contributed by atoms with Crippen molar-refractivity contribution in [3.8, 4) is 17.1 Å². The van der Waals surface area contributed by atoms with Crippen LogP contribution in [0.3, 0.4) is 0 Å². The van der Waals surface area contributed by atoms with E-state index in [0.717, 1.165) is 21.9 Å². The zero-order valence-corrected chi connectivity index (χ0v) is 17.7. The monoisotopic (exact) mass is 400 g/mol. The van der Waals surface area contributed by atoms with Crippen molar-refractivity contribution in [3.63, 3.8) is 0 Å². The Bertz CT molecular complexity index is 879. The zero-order chi connectivity index (χ0) is 19.6. The van der Waals surface area contributed by atoms with Crippen LogP contribution in [0.5, 0.6) is 5.75 Å². The topological polar surface area (TPSA) is 31.6 Å². The van der Waals surface area contributed by atoms with E-state index in [1.165, 1.54) is 0 Å². The highest BCUT2D eigenvalue weighted by Gasteiger charge is 2.33. The van der Waals surface area contributed by atoms with E-state index in [-0.39, 0.29) is 5.92 Å². The first-order valence-electron chi connectivity index (χ1n) is 9.10. The van der Waals surface area contributed by atoms with Crippen molar-refractivity contribution in [3.05, 3.63) is 47.9 Å². The number of rotatable bonds is 5. The molecule has 5 heteroatoms. The summed E-state index contributed by atoms with van der Waals surface area (Å²) in [6.07, 6.45) is 2.55. The fraction of sp³-hybridized carbons (Fsp3) is 0.364. The van der Waals surface area contributed by atoms with Gasteiger partial charge < -0.3 is 13.9 Å². The van der Waals surface area contributed by atoms with E-state index in [0.29, 0.717) is 34.8 Å². The molecule has 0 bridgehead atoms. The molecule has 1 saturated heterocycles. The highest BCUT2D eigenvalue weighted by molar-refractivity contribution is 7.81. The minimum Gasteiger partial charge on any atom is -0.497 e. The molecule has 1 fully saturated rings. The van der Waals surface area contributed by atoms with E-state index in [4.69, 9.17) is 38.3 Å². The summed E-state index contributed by atoms with van der Waals surface area (Å²) >= 11 is 11.1. The lowest BCUT2D eigenvalue weighted by Gasteiger charge is -2.32. The Morgan fingerprint density at radius 3 is 2.63 bits per heavy atom. The van der Waals surface area contributed by atoms with E-state index >= 15 is 0 Å². The summed E-state index contributed by atoms with van der Waals surface area (Å²) in [5.74, 6) is 4.05. The number of benzene rings is 1. The van der Waals surface area contributed by atoms with Crippen molar-refractivity contribution >= 4 is 40.4 Å². The summed E-state index contributed by atoms with van der Waals surface area (Å²) in [4.78, 5) is 0.823. The minimum atomic E-state index is 0.223. The molecule has 1 aromatic heterocycles. The predicted octanol–water partition coefficient (Wildman–Crippen LogP) is 6.32. The van der Waals surface area contributed by atoms with Gasteiger partial charge >= 0.3 is 0 Å². The Balaban J connectivity index is 1.86. The van der Waals surface area contributed by atoms with Gasteiger partial charge in [0.1, 0.15) is 23.0 Å². The van der Waals surface area contributed by atoms with Crippen LogP contribution in [0.15, 0.2) is 46.6 Å². The lowest BCUT2D eigenvalue weighted by Crippen LogP contribution is -2.33. The summed E-state index contributed by atoms with van der Waals surface area (Å²) in [5, 5.41) is 0.590. The predicted molar refractivity (Wildman–Crippen MR) is 117 cm³/mol. The molecule has 3 rings (SSSR count). The Hall–Kier alpha value is -1.98. The van der Waals surface area contributed by atoms with Crippen LogP contribution in [0.1, 0.15) is 33.0 Å². The summed E-state index contributed by atoms with van der Waals surface area (Å²) < 4.78 is 17.0. The van der Waals surface area contributed by atoms with Gasteiger partial charge in [0.25, 0.3) is 0 Å². The highest BCUT2D eigenvalue weighted by Crippen LogP contribution is 2.34. The number of hydrogen-bond acceptors (Lipinski definition) is 5. The summed E-state index contributed by atoms with van der Waals surface area (Å²) in [6.45, 7) is 6.64. The molecule has 2 atom stereocenters. The van der Waals surface area contributed by atoms with Crippen molar-refractivity contribution in [2.45, 2.75) is 27.2 Å². The van der Waals surface area contributed by atoms with Crippen molar-refractivity contribution in [1.82, 2.24) is 0 Å². The second kappa shape index (κ2) is 8.36. The van der Waals surface area contributed by atoms with Gasteiger partial charge in [0.05, 0.1) is 12.0 Å². The third-order valence-corrected chi connectivity index (χ3v) is 5.88. The molecule has 2 aromatic rings. The second-order valence-corrected chi connectivity index (χ2v) is 8.09. The summed E-state index contributed by atoms with van der Waals surface area (Å²) in [5.41, 5.74) is 0.952. The maximum atomic E-state index is 5.98. The molecule has 27 heavy (non-hydrogen) atoms. The molecule has 2 unspecified atom stereocenters. The van der Waals surface area contributed by atoms with Crippen LogP contribution in [0.2, 0.25) is 0 Å². The van der Waals surface area contributed by atoms with Gasteiger partial charge in [-0.1, -0.05) is 45.1 Å². The normalized spacial score (nSPS) is 20.0. The number of ether oxygens (including phenoxy) is 2. The molecular weight excluding hydrogens is 376 g/mol. The molecule has 0 aliphatic carbocycles. The molecule has 2 heterocycles. The average Bonchev–Trinajstić information content (AvgIpc) is 3.12. The standard InChI is InChI=1S/C22H24O3S2/c1-13(2)14(3)18-12-21(26)25-20(22(18)27)11-17-8-9-19(24-17)15-6-5-7-16(10-15)23-4/h5-11,13-14,18H,12H2,1-4H3. The second-order valence-electron chi connectivity index (χ2n) is 7.19. The van der Waals surface area contributed by atoms with E-state index in [9.17, 15) is 0 Å². The van der Waals surface area contributed by atoms with E-state index in [1.807, 2.05) is 42.5 Å². The van der Waals surface area contributed by atoms with Gasteiger partial charge in [-0.25, -0.2) is 0 Å². The molecule has 0 spiro atoms. The van der Waals surface area contributed by atoms with E-state index < -0.39 is 0 Å². The molecule has 1 aliphatic rings. The third kappa shape index (κ3) is 4.47.